The molecule has 0 atom stereocenters. The third-order valence-corrected chi connectivity index (χ3v) is 2.89. The molecule has 3 heteroatoms. The zero-order valence-electron chi connectivity index (χ0n) is 10.8. The van der Waals surface area contributed by atoms with Crippen LogP contribution in [0.5, 0.6) is 5.75 Å². The number of hydrogen-bond acceptors (Lipinski definition) is 3. The van der Waals surface area contributed by atoms with Crippen LogP contribution in [0.1, 0.15) is 21.5 Å². The Kier molecular flexibility index (Phi) is 3.63. The maximum atomic E-state index is 11.0. The van der Waals surface area contributed by atoms with Crippen molar-refractivity contribution < 1.29 is 9.53 Å². The fraction of sp³-hybridized carbons (Fsp3) is 0.125. The van der Waals surface area contributed by atoms with Crippen LogP contribution in [-0.4, -0.2) is 13.4 Å². The Morgan fingerprint density at radius 1 is 1.26 bits per heavy atom. The van der Waals surface area contributed by atoms with Crippen LogP contribution in [0.15, 0.2) is 36.4 Å². The van der Waals surface area contributed by atoms with Crippen LogP contribution in [0.2, 0.25) is 0 Å². The first kappa shape index (κ1) is 12.8. The van der Waals surface area contributed by atoms with E-state index in [0.29, 0.717) is 16.9 Å². The Hall–Kier alpha value is -2.60. The molecule has 0 aliphatic heterocycles. The van der Waals surface area contributed by atoms with E-state index in [1.165, 1.54) is 7.11 Å². The lowest BCUT2D eigenvalue weighted by Crippen LogP contribution is -1.94. The average Bonchev–Trinajstić information content (AvgIpc) is 2.45. The van der Waals surface area contributed by atoms with Gasteiger partial charge in [-0.2, -0.15) is 5.26 Å². The van der Waals surface area contributed by atoms with Crippen LogP contribution in [0.25, 0.3) is 11.1 Å². The highest BCUT2D eigenvalue weighted by Gasteiger charge is 2.11. The standard InChI is InChI=1S/C16H13NO2/c1-11-6-12(9-17)8-14(7-11)15-5-3-4-13(10-18)16(15)19-2/h3-8,10H,1-2H3. The molecule has 19 heavy (non-hydrogen) atoms. The van der Waals surface area contributed by atoms with E-state index in [0.717, 1.165) is 23.0 Å². The van der Waals surface area contributed by atoms with Crippen molar-refractivity contribution in [2.24, 2.45) is 0 Å². The molecular formula is C16H13NO2. The van der Waals surface area contributed by atoms with E-state index < -0.39 is 0 Å². The van der Waals surface area contributed by atoms with Gasteiger partial charge in [-0.3, -0.25) is 4.79 Å². The Balaban J connectivity index is 2.68. The molecule has 0 fully saturated rings. The van der Waals surface area contributed by atoms with E-state index in [1.807, 2.05) is 25.1 Å². The molecule has 0 unspecified atom stereocenters. The van der Waals surface area contributed by atoms with Gasteiger partial charge >= 0.3 is 0 Å². The van der Waals surface area contributed by atoms with Crippen molar-refractivity contribution in [3.05, 3.63) is 53.1 Å². The molecule has 0 heterocycles. The first-order chi connectivity index (χ1) is 9.19. The summed E-state index contributed by atoms with van der Waals surface area (Å²) in [5.41, 5.74) is 3.77. The highest BCUT2D eigenvalue weighted by atomic mass is 16.5. The summed E-state index contributed by atoms with van der Waals surface area (Å²) in [5, 5.41) is 9.02. The van der Waals surface area contributed by atoms with Gasteiger partial charge in [-0.25, -0.2) is 0 Å². The van der Waals surface area contributed by atoms with Crippen molar-refractivity contribution in [1.82, 2.24) is 0 Å². The minimum atomic E-state index is 0.500. The fourth-order valence-corrected chi connectivity index (χ4v) is 2.11. The van der Waals surface area contributed by atoms with Gasteiger partial charge in [0, 0.05) is 5.56 Å². The van der Waals surface area contributed by atoms with Crippen LogP contribution >= 0.6 is 0 Å². The number of methoxy groups -OCH3 is 1. The number of hydrogen-bond donors (Lipinski definition) is 0. The summed E-state index contributed by atoms with van der Waals surface area (Å²) in [5.74, 6) is 0.534. The number of aldehydes is 1. The van der Waals surface area contributed by atoms with Gasteiger partial charge in [0.25, 0.3) is 0 Å². The van der Waals surface area contributed by atoms with Crippen molar-refractivity contribution in [2.45, 2.75) is 6.92 Å². The number of carbonyl (C=O) groups excluding carboxylic acids is 1. The number of ether oxygens (including phenoxy) is 1. The molecular weight excluding hydrogens is 238 g/mol. The van der Waals surface area contributed by atoms with E-state index in [9.17, 15) is 4.79 Å². The summed E-state index contributed by atoms with van der Waals surface area (Å²) < 4.78 is 5.32. The predicted molar refractivity (Wildman–Crippen MR) is 73.3 cm³/mol. The quantitative estimate of drug-likeness (QED) is 0.786. The van der Waals surface area contributed by atoms with Gasteiger partial charge < -0.3 is 4.74 Å². The molecule has 0 bridgehead atoms. The molecule has 0 spiro atoms. The molecule has 0 amide bonds. The van der Waals surface area contributed by atoms with Crippen molar-refractivity contribution in [3.8, 4) is 22.9 Å². The van der Waals surface area contributed by atoms with Gasteiger partial charge in [0.05, 0.1) is 24.3 Å². The van der Waals surface area contributed by atoms with Crippen LogP contribution in [0, 0.1) is 18.3 Å². The third-order valence-electron chi connectivity index (χ3n) is 2.89. The van der Waals surface area contributed by atoms with E-state index in [4.69, 9.17) is 10.00 Å². The number of benzene rings is 2. The van der Waals surface area contributed by atoms with E-state index in [-0.39, 0.29) is 0 Å². The Labute approximate surface area is 112 Å². The predicted octanol–water partition coefficient (Wildman–Crippen LogP) is 3.35. The second-order valence-electron chi connectivity index (χ2n) is 4.25. The van der Waals surface area contributed by atoms with Gasteiger partial charge in [0.15, 0.2) is 6.29 Å². The smallest absolute Gasteiger partial charge is 0.153 e. The Morgan fingerprint density at radius 2 is 2.05 bits per heavy atom. The monoisotopic (exact) mass is 251 g/mol. The highest BCUT2D eigenvalue weighted by Crippen LogP contribution is 2.33. The minimum Gasteiger partial charge on any atom is -0.495 e. The zero-order valence-corrected chi connectivity index (χ0v) is 10.8. The Morgan fingerprint density at radius 3 is 2.68 bits per heavy atom. The lowest BCUT2D eigenvalue weighted by atomic mass is 9.98. The second-order valence-corrected chi connectivity index (χ2v) is 4.25. The summed E-state index contributed by atoms with van der Waals surface area (Å²) >= 11 is 0. The van der Waals surface area contributed by atoms with Crippen molar-refractivity contribution in [1.29, 1.82) is 5.26 Å². The molecule has 2 rings (SSSR count). The summed E-state index contributed by atoms with van der Waals surface area (Å²) in [6.07, 6.45) is 0.767. The summed E-state index contributed by atoms with van der Waals surface area (Å²) in [4.78, 5) is 11.0. The van der Waals surface area contributed by atoms with Gasteiger partial charge in [-0.15, -0.1) is 0 Å². The third kappa shape index (κ3) is 2.48. The fourth-order valence-electron chi connectivity index (χ4n) is 2.11. The summed E-state index contributed by atoms with van der Waals surface area (Å²) in [7, 11) is 1.53. The zero-order chi connectivity index (χ0) is 13.8. The molecule has 94 valence electrons. The van der Waals surface area contributed by atoms with Gasteiger partial charge in [-0.1, -0.05) is 18.2 Å². The molecule has 0 saturated heterocycles. The number of nitriles is 1. The SMILES string of the molecule is COc1c(C=O)cccc1-c1cc(C)cc(C#N)c1. The number of carbonyl (C=O) groups is 1. The average molecular weight is 251 g/mol. The Bertz CT molecular complexity index is 669. The first-order valence-corrected chi connectivity index (χ1v) is 5.84. The van der Waals surface area contributed by atoms with E-state index in [1.54, 1.807) is 18.2 Å². The first-order valence-electron chi connectivity index (χ1n) is 5.84. The lowest BCUT2D eigenvalue weighted by molar-refractivity contribution is 0.112. The lowest BCUT2D eigenvalue weighted by Gasteiger charge is -2.11. The molecule has 0 aromatic heterocycles. The van der Waals surface area contributed by atoms with Crippen LogP contribution < -0.4 is 4.74 Å². The molecule has 0 radical (unpaired) electrons. The van der Waals surface area contributed by atoms with Gasteiger partial charge in [-0.05, 0) is 36.2 Å². The van der Waals surface area contributed by atoms with Crippen molar-refractivity contribution >= 4 is 6.29 Å². The largest absolute Gasteiger partial charge is 0.495 e. The molecule has 0 N–H and O–H groups in total. The number of aryl methyl sites for hydroxylation is 1. The van der Waals surface area contributed by atoms with Crippen LogP contribution in [-0.2, 0) is 0 Å². The molecule has 3 nitrogen and oxygen atoms in total. The molecule has 2 aromatic carbocycles. The van der Waals surface area contributed by atoms with E-state index in [2.05, 4.69) is 6.07 Å². The maximum Gasteiger partial charge on any atom is 0.153 e. The van der Waals surface area contributed by atoms with Crippen molar-refractivity contribution in [2.75, 3.05) is 7.11 Å². The molecule has 0 aliphatic carbocycles. The molecule has 2 aromatic rings. The topological polar surface area (TPSA) is 50.1 Å². The number of para-hydroxylation sites is 1. The summed E-state index contributed by atoms with van der Waals surface area (Å²) in [6.45, 7) is 1.93. The van der Waals surface area contributed by atoms with Gasteiger partial charge in [0.1, 0.15) is 5.75 Å². The number of nitrogens with zero attached hydrogens (tertiary/aromatic N) is 1. The van der Waals surface area contributed by atoms with E-state index >= 15 is 0 Å². The molecule has 0 aliphatic rings. The van der Waals surface area contributed by atoms with Crippen molar-refractivity contribution in [3.63, 3.8) is 0 Å². The normalized spacial score (nSPS) is 9.74. The van der Waals surface area contributed by atoms with Crippen LogP contribution in [0.3, 0.4) is 0 Å². The minimum absolute atomic E-state index is 0.500. The van der Waals surface area contributed by atoms with Crippen LogP contribution in [0.4, 0.5) is 0 Å². The van der Waals surface area contributed by atoms with Gasteiger partial charge in [0.2, 0.25) is 0 Å². The summed E-state index contributed by atoms with van der Waals surface area (Å²) in [6, 6.07) is 13.1. The molecule has 0 saturated carbocycles. The number of rotatable bonds is 3. The highest BCUT2D eigenvalue weighted by molar-refractivity contribution is 5.86. The maximum absolute atomic E-state index is 11.0. The second kappa shape index (κ2) is 5.36.